The quantitative estimate of drug-likeness (QED) is 0.831. The van der Waals surface area contributed by atoms with Crippen LogP contribution in [0.4, 0.5) is 10.1 Å². The maximum atomic E-state index is 13.7. The van der Waals surface area contributed by atoms with Crippen LogP contribution in [0.5, 0.6) is 0 Å². The van der Waals surface area contributed by atoms with Crippen LogP contribution < -0.4 is 9.62 Å². The highest BCUT2D eigenvalue weighted by molar-refractivity contribution is 8.01. The van der Waals surface area contributed by atoms with Gasteiger partial charge in [-0.3, -0.25) is 0 Å². The molecule has 1 N–H and O–H groups in total. The minimum Gasteiger partial charge on any atom is -0.317 e. The fourth-order valence-corrected chi connectivity index (χ4v) is 4.51. The van der Waals surface area contributed by atoms with Gasteiger partial charge in [-0.15, -0.1) is 0 Å². The normalized spacial score (nSPS) is 18.0. The predicted molar refractivity (Wildman–Crippen MR) is 90.6 cm³/mol. The van der Waals surface area contributed by atoms with Gasteiger partial charge in [0.05, 0.1) is 5.69 Å². The van der Waals surface area contributed by atoms with E-state index in [9.17, 15) is 4.39 Å². The second-order valence-corrected chi connectivity index (χ2v) is 7.07. The summed E-state index contributed by atoms with van der Waals surface area (Å²) in [5, 5.41) is 3.42. The van der Waals surface area contributed by atoms with Crippen LogP contribution in [0.25, 0.3) is 11.1 Å². The fourth-order valence-electron chi connectivity index (χ4n) is 3.31. The molecule has 4 rings (SSSR count). The lowest BCUT2D eigenvalue weighted by Crippen LogP contribution is -2.34. The zero-order chi connectivity index (χ0) is 14.9. The van der Waals surface area contributed by atoms with Crippen molar-refractivity contribution in [1.29, 1.82) is 0 Å². The van der Waals surface area contributed by atoms with Crippen LogP contribution in [-0.2, 0) is 0 Å². The molecular formula is C18H19FN2S. The minimum absolute atomic E-state index is 0.165. The van der Waals surface area contributed by atoms with E-state index in [1.807, 2.05) is 12.1 Å². The average Bonchev–Trinajstić information content (AvgIpc) is 2.56. The highest BCUT2D eigenvalue weighted by Crippen LogP contribution is 2.46. The van der Waals surface area contributed by atoms with Crippen LogP contribution in [0.1, 0.15) is 12.8 Å². The summed E-state index contributed by atoms with van der Waals surface area (Å²) in [5.41, 5.74) is 3.30. The predicted octanol–water partition coefficient (Wildman–Crippen LogP) is 4.32. The Balaban J connectivity index is 1.70. The number of nitrogens with one attached hydrogen (secondary N) is 1. The zero-order valence-electron chi connectivity index (χ0n) is 12.4. The molecule has 0 saturated carbocycles. The van der Waals surface area contributed by atoms with Gasteiger partial charge in [0.25, 0.3) is 0 Å². The van der Waals surface area contributed by atoms with E-state index in [1.165, 1.54) is 17.7 Å². The van der Waals surface area contributed by atoms with E-state index in [1.54, 1.807) is 24.1 Å². The van der Waals surface area contributed by atoms with E-state index < -0.39 is 0 Å². The lowest BCUT2D eigenvalue weighted by molar-refractivity contribution is 0.384. The van der Waals surface area contributed by atoms with E-state index in [-0.39, 0.29) is 5.82 Å². The van der Waals surface area contributed by atoms with Gasteiger partial charge < -0.3 is 9.62 Å². The number of fused-ring (bicyclic) bond motifs is 3. The maximum Gasteiger partial charge on any atom is 0.123 e. The Morgan fingerprint density at radius 2 is 1.91 bits per heavy atom. The first-order valence-corrected chi connectivity index (χ1v) is 8.64. The molecule has 0 unspecified atom stereocenters. The molecule has 0 bridgehead atoms. The smallest absolute Gasteiger partial charge is 0.123 e. The van der Waals surface area contributed by atoms with Crippen molar-refractivity contribution >= 4 is 17.6 Å². The molecule has 2 aromatic rings. The van der Waals surface area contributed by atoms with Crippen LogP contribution in [-0.4, -0.2) is 19.6 Å². The number of hydrogen-bond donors (Lipinski definition) is 1. The van der Waals surface area contributed by atoms with Crippen molar-refractivity contribution in [2.75, 3.05) is 23.9 Å². The van der Waals surface area contributed by atoms with Gasteiger partial charge in [-0.1, -0.05) is 18.2 Å². The molecule has 0 spiro atoms. The molecule has 2 aromatic carbocycles. The second-order valence-electron chi connectivity index (χ2n) is 6.00. The average molecular weight is 314 g/mol. The van der Waals surface area contributed by atoms with Crippen molar-refractivity contribution < 1.29 is 4.39 Å². The Hall–Kier alpha value is -1.52. The summed E-state index contributed by atoms with van der Waals surface area (Å²) in [4.78, 5) is 1.22. The van der Waals surface area contributed by atoms with Crippen molar-refractivity contribution in [3.63, 3.8) is 0 Å². The number of nitrogens with zero attached hydrogens (tertiary/aromatic N) is 1. The van der Waals surface area contributed by atoms with Crippen molar-refractivity contribution in [2.24, 2.45) is 5.92 Å². The van der Waals surface area contributed by atoms with Gasteiger partial charge >= 0.3 is 0 Å². The van der Waals surface area contributed by atoms with Gasteiger partial charge in [0.1, 0.15) is 5.82 Å². The van der Waals surface area contributed by atoms with Crippen LogP contribution >= 0.6 is 11.9 Å². The Morgan fingerprint density at radius 1 is 1.09 bits per heavy atom. The van der Waals surface area contributed by atoms with Crippen molar-refractivity contribution in [3.05, 3.63) is 48.3 Å². The number of piperidine rings is 1. The molecule has 0 atom stereocenters. The minimum atomic E-state index is -0.165. The molecule has 22 heavy (non-hydrogen) atoms. The summed E-state index contributed by atoms with van der Waals surface area (Å²) in [6.07, 6.45) is 2.43. The Morgan fingerprint density at radius 3 is 2.77 bits per heavy atom. The molecule has 114 valence electrons. The molecule has 0 aliphatic carbocycles. The molecule has 0 aromatic heterocycles. The Kier molecular flexibility index (Phi) is 3.80. The first-order chi connectivity index (χ1) is 10.8. The maximum absolute atomic E-state index is 13.7. The summed E-state index contributed by atoms with van der Waals surface area (Å²) in [6.45, 7) is 3.24. The molecule has 2 nitrogen and oxygen atoms in total. The summed E-state index contributed by atoms with van der Waals surface area (Å²) >= 11 is 1.79. The van der Waals surface area contributed by atoms with Gasteiger partial charge in [0.15, 0.2) is 0 Å². The lowest BCUT2D eigenvalue weighted by Gasteiger charge is -2.35. The molecule has 1 fully saturated rings. The molecule has 0 amide bonds. The third-order valence-electron chi connectivity index (χ3n) is 4.50. The molecule has 2 aliphatic heterocycles. The van der Waals surface area contributed by atoms with Crippen LogP contribution in [0.3, 0.4) is 0 Å². The molecule has 2 heterocycles. The summed E-state index contributed by atoms with van der Waals surface area (Å²) in [5.74, 6) is 0.541. The van der Waals surface area contributed by atoms with Crippen molar-refractivity contribution in [1.82, 2.24) is 5.32 Å². The van der Waals surface area contributed by atoms with Crippen LogP contribution in [0.15, 0.2) is 47.4 Å². The molecular weight excluding hydrogens is 295 g/mol. The van der Waals surface area contributed by atoms with E-state index in [0.29, 0.717) is 5.92 Å². The van der Waals surface area contributed by atoms with Gasteiger partial charge in [0.2, 0.25) is 0 Å². The monoisotopic (exact) mass is 314 g/mol. The van der Waals surface area contributed by atoms with Gasteiger partial charge in [-0.25, -0.2) is 4.39 Å². The van der Waals surface area contributed by atoms with E-state index >= 15 is 0 Å². The third-order valence-corrected chi connectivity index (χ3v) is 5.61. The number of rotatable bonds is 2. The molecule has 4 heteroatoms. The van der Waals surface area contributed by atoms with Crippen LogP contribution in [0.2, 0.25) is 0 Å². The lowest BCUT2D eigenvalue weighted by atomic mass is 9.97. The fraction of sp³-hybridized carbons (Fsp3) is 0.333. The molecule has 1 saturated heterocycles. The van der Waals surface area contributed by atoms with Crippen LogP contribution in [0, 0.1) is 11.7 Å². The second kappa shape index (κ2) is 5.94. The largest absolute Gasteiger partial charge is 0.317 e. The zero-order valence-corrected chi connectivity index (χ0v) is 13.2. The number of anilines is 1. The Labute approximate surface area is 134 Å². The third kappa shape index (κ3) is 2.61. The number of hydrogen-bond acceptors (Lipinski definition) is 3. The Bertz CT molecular complexity index is 683. The summed E-state index contributed by atoms with van der Waals surface area (Å²) in [7, 11) is 0. The highest BCUT2D eigenvalue weighted by Gasteiger charge is 2.26. The van der Waals surface area contributed by atoms with Gasteiger partial charge in [0, 0.05) is 17.0 Å². The van der Waals surface area contributed by atoms with E-state index in [2.05, 4.69) is 27.8 Å². The first kappa shape index (κ1) is 14.1. The molecule has 2 aliphatic rings. The van der Waals surface area contributed by atoms with E-state index in [0.717, 1.165) is 36.4 Å². The SMILES string of the molecule is Fc1ccc2c(c1)-c1ccccc1SN2CC1CCNCC1. The number of halogens is 1. The summed E-state index contributed by atoms with van der Waals surface area (Å²) < 4.78 is 16.1. The first-order valence-electron chi connectivity index (χ1n) is 7.86. The standard InChI is InChI=1S/C18H19FN2S/c19-14-5-6-17-16(11-14)15-3-1-2-4-18(15)22-21(17)12-13-7-9-20-10-8-13/h1-6,11,13,20H,7-10,12H2. The van der Waals surface area contributed by atoms with Crippen molar-refractivity contribution in [3.8, 4) is 11.1 Å². The van der Waals surface area contributed by atoms with Gasteiger partial charge in [-0.05, 0) is 73.6 Å². The summed E-state index contributed by atoms with van der Waals surface area (Å²) in [6, 6.07) is 13.5. The van der Waals surface area contributed by atoms with Gasteiger partial charge in [-0.2, -0.15) is 0 Å². The van der Waals surface area contributed by atoms with E-state index in [4.69, 9.17) is 0 Å². The topological polar surface area (TPSA) is 15.3 Å². The highest BCUT2D eigenvalue weighted by atomic mass is 32.2. The van der Waals surface area contributed by atoms with Crippen molar-refractivity contribution in [2.45, 2.75) is 17.7 Å². The molecule has 0 radical (unpaired) electrons. The number of benzene rings is 2.